The van der Waals surface area contributed by atoms with Crippen molar-refractivity contribution >= 4 is 37.1 Å². The summed E-state index contributed by atoms with van der Waals surface area (Å²) in [6.07, 6.45) is 0. The maximum atomic E-state index is 10.2. The first-order valence-electron chi connectivity index (χ1n) is 2.56. The van der Waals surface area contributed by atoms with Crippen LogP contribution in [-0.2, 0) is 15.0 Å². The van der Waals surface area contributed by atoms with Gasteiger partial charge in [-0.3, -0.25) is 0 Å². The van der Waals surface area contributed by atoms with Crippen molar-refractivity contribution in [2.45, 2.75) is 0 Å². The van der Waals surface area contributed by atoms with Gasteiger partial charge >= 0.3 is 75.5 Å². The van der Waals surface area contributed by atoms with E-state index < -0.39 is 50.3 Å². The Bertz CT molecular complexity index is 130. The fourth-order valence-corrected chi connectivity index (χ4v) is 1.56. The molecule has 62 valence electrons. The van der Waals surface area contributed by atoms with E-state index in [2.05, 4.69) is 5.37 Å². The van der Waals surface area contributed by atoms with E-state index >= 15 is 0 Å². The van der Waals surface area contributed by atoms with E-state index in [1.165, 1.54) is 0 Å². The molecule has 0 saturated heterocycles. The third kappa shape index (κ3) is 6.19. The van der Waals surface area contributed by atoms with Crippen LogP contribution in [0.15, 0.2) is 0 Å². The molecular formula is C4H6O6Pb. The molecule has 0 aromatic heterocycles. The molecule has 0 aromatic rings. The van der Waals surface area contributed by atoms with Crippen molar-refractivity contribution in [1.29, 1.82) is 0 Å². The summed E-state index contributed by atoms with van der Waals surface area (Å²) in [5, 5.41) is 16.2. The Morgan fingerprint density at radius 2 is 1.45 bits per heavy atom. The summed E-state index contributed by atoms with van der Waals surface area (Å²) in [7, 11) is 0. The molecule has 0 amide bonds. The van der Waals surface area contributed by atoms with Crippen LogP contribution in [0.1, 0.15) is 0 Å². The number of hydrogen-bond donors (Lipinski definition) is 2. The van der Waals surface area contributed by atoms with E-state index in [4.69, 9.17) is 10.2 Å². The van der Waals surface area contributed by atoms with Gasteiger partial charge in [-0.25, -0.2) is 0 Å². The molecule has 0 aliphatic rings. The number of rotatable bonds is 4. The molecule has 0 bridgehead atoms. The van der Waals surface area contributed by atoms with Crippen LogP contribution in [-0.4, -0.2) is 60.5 Å². The quantitative estimate of drug-likeness (QED) is 0.545. The van der Waals surface area contributed by atoms with Crippen LogP contribution in [0.25, 0.3) is 0 Å². The van der Waals surface area contributed by atoms with Crippen molar-refractivity contribution in [2.24, 2.45) is 0 Å². The number of carbonyl (C=O) groups is 2. The Kier molecular flexibility index (Phi) is 6.36. The van der Waals surface area contributed by atoms with Gasteiger partial charge in [0, 0.05) is 0 Å². The van der Waals surface area contributed by atoms with Crippen LogP contribution in [0.2, 0.25) is 0 Å². The Morgan fingerprint density at radius 3 is 1.73 bits per heavy atom. The number of aliphatic hydroxyl groups is 2. The number of aliphatic hydroxyl groups excluding tert-OH is 2. The summed E-state index contributed by atoms with van der Waals surface area (Å²) >= 11 is -2.18. The van der Waals surface area contributed by atoms with Gasteiger partial charge in [-0.05, 0) is 0 Å². The van der Waals surface area contributed by atoms with E-state index in [-0.39, 0.29) is 0 Å². The molecule has 0 aromatic carbocycles. The van der Waals surface area contributed by atoms with Crippen LogP contribution in [0, 0.1) is 0 Å². The zero-order valence-electron chi connectivity index (χ0n) is 5.44. The SMILES string of the molecule is O=C(CO)[O][Pb][O]C(=O)CO. The molecule has 0 fully saturated rings. The molecule has 0 rings (SSSR count). The third-order valence-electron chi connectivity index (χ3n) is 0.569. The van der Waals surface area contributed by atoms with E-state index in [0.717, 1.165) is 0 Å². The average Bonchev–Trinajstić information content (AvgIpc) is 2.04. The Morgan fingerprint density at radius 1 is 1.09 bits per heavy atom. The number of carbonyl (C=O) groups excluding carboxylic acids is 2. The average molecular weight is 357 g/mol. The van der Waals surface area contributed by atoms with Gasteiger partial charge in [-0.1, -0.05) is 0 Å². The summed E-state index contributed by atoms with van der Waals surface area (Å²) < 4.78 is 8.63. The first-order valence-corrected chi connectivity index (χ1v) is 5.74. The first-order chi connectivity index (χ1) is 5.20. The van der Waals surface area contributed by atoms with Gasteiger partial charge in [0.15, 0.2) is 0 Å². The van der Waals surface area contributed by atoms with E-state index in [0.29, 0.717) is 0 Å². The van der Waals surface area contributed by atoms with Gasteiger partial charge in [0.1, 0.15) is 0 Å². The molecule has 2 radical (unpaired) electrons. The second-order valence-corrected chi connectivity index (χ2v) is 3.58. The van der Waals surface area contributed by atoms with Crippen molar-refractivity contribution in [3.05, 3.63) is 0 Å². The number of hydrogen-bond acceptors (Lipinski definition) is 6. The zero-order chi connectivity index (χ0) is 8.69. The summed E-state index contributed by atoms with van der Waals surface area (Å²) in [5.74, 6) is -1.61. The predicted molar refractivity (Wildman–Crippen MR) is 32.1 cm³/mol. The minimum absolute atomic E-state index is 0.719. The molecule has 0 aliphatic heterocycles. The monoisotopic (exact) mass is 358 g/mol. The second-order valence-electron chi connectivity index (χ2n) is 1.35. The van der Waals surface area contributed by atoms with Gasteiger partial charge in [0.05, 0.1) is 0 Å². The van der Waals surface area contributed by atoms with Crippen LogP contribution < -0.4 is 0 Å². The molecule has 0 spiro atoms. The van der Waals surface area contributed by atoms with Crippen molar-refractivity contribution in [3.63, 3.8) is 0 Å². The molecule has 11 heavy (non-hydrogen) atoms. The van der Waals surface area contributed by atoms with Crippen molar-refractivity contribution < 1.29 is 25.2 Å². The van der Waals surface area contributed by atoms with Gasteiger partial charge < -0.3 is 0 Å². The minimum atomic E-state index is -2.18. The van der Waals surface area contributed by atoms with Crippen molar-refractivity contribution in [2.75, 3.05) is 13.2 Å². The van der Waals surface area contributed by atoms with Gasteiger partial charge in [-0.15, -0.1) is 0 Å². The standard InChI is InChI=1S/2C2H4O3.Pb/c2*3-1-2(4)5;/h2*3H,1H2,(H,4,5);/q;;+2/p-2. The van der Waals surface area contributed by atoms with Crippen LogP contribution >= 0.6 is 0 Å². The molecule has 6 nitrogen and oxygen atoms in total. The van der Waals surface area contributed by atoms with Gasteiger partial charge in [-0.2, -0.15) is 0 Å². The summed E-state index contributed by atoms with van der Waals surface area (Å²) in [4.78, 5) is 20.4. The molecular weight excluding hydrogens is 351 g/mol. The summed E-state index contributed by atoms with van der Waals surface area (Å²) in [6.45, 7) is -1.44. The Hall–Kier alpha value is -0.218. The van der Waals surface area contributed by atoms with Gasteiger partial charge in [0.25, 0.3) is 0 Å². The summed E-state index contributed by atoms with van der Waals surface area (Å²) in [5.41, 5.74) is 0. The van der Waals surface area contributed by atoms with E-state index in [9.17, 15) is 9.59 Å². The van der Waals surface area contributed by atoms with Crippen molar-refractivity contribution in [3.8, 4) is 0 Å². The van der Waals surface area contributed by atoms with Crippen LogP contribution in [0.5, 0.6) is 0 Å². The maximum absolute atomic E-state index is 10.2. The molecule has 0 heterocycles. The first kappa shape index (κ1) is 10.8. The zero-order valence-corrected chi connectivity index (χ0v) is 9.33. The van der Waals surface area contributed by atoms with Gasteiger partial charge in [0.2, 0.25) is 0 Å². The third-order valence-corrected chi connectivity index (χ3v) is 2.99. The van der Waals surface area contributed by atoms with E-state index in [1.54, 1.807) is 0 Å². The Balaban J connectivity index is 3.27. The van der Waals surface area contributed by atoms with E-state index in [1.807, 2.05) is 0 Å². The molecule has 0 aliphatic carbocycles. The molecule has 0 atom stereocenters. The molecule has 7 heteroatoms. The fraction of sp³-hybridized carbons (Fsp3) is 0.500. The molecule has 0 saturated carbocycles. The normalized spacial score (nSPS) is 8.91. The predicted octanol–water partition coefficient (Wildman–Crippen LogP) is -2.41. The topological polar surface area (TPSA) is 93.1 Å². The second kappa shape index (κ2) is 6.49. The van der Waals surface area contributed by atoms with Crippen LogP contribution in [0.3, 0.4) is 0 Å². The van der Waals surface area contributed by atoms with Crippen molar-refractivity contribution in [1.82, 2.24) is 0 Å². The van der Waals surface area contributed by atoms with Crippen LogP contribution in [0.4, 0.5) is 0 Å². The Labute approximate surface area is 75.6 Å². The molecule has 2 N–H and O–H groups in total. The summed E-state index contributed by atoms with van der Waals surface area (Å²) in [6, 6.07) is 0. The molecule has 0 unspecified atom stereocenters. The fourth-order valence-electron chi connectivity index (χ4n) is 0.178.